The highest BCUT2D eigenvalue weighted by Gasteiger charge is 2.20. The highest BCUT2D eigenvalue weighted by molar-refractivity contribution is 7.91. The molecule has 0 spiro atoms. The maximum atomic E-state index is 12.0. The average Bonchev–Trinajstić information content (AvgIpc) is 2.88. The average molecular weight is 323 g/mol. The van der Waals surface area contributed by atoms with Crippen molar-refractivity contribution in [3.63, 3.8) is 0 Å². The number of nitrogens with one attached hydrogen (secondary N) is 1. The van der Waals surface area contributed by atoms with Gasteiger partial charge in [-0.2, -0.15) is 11.3 Å². The third kappa shape index (κ3) is 3.52. The lowest BCUT2D eigenvalue weighted by Gasteiger charge is -2.12. The third-order valence-corrected chi connectivity index (χ3v) is 6.10. The lowest BCUT2D eigenvalue weighted by atomic mass is 10.1. The number of aromatic nitrogens is 1. The van der Waals surface area contributed by atoms with Crippen LogP contribution in [0.25, 0.3) is 0 Å². The first-order valence-corrected chi connectivity index (χ1v) is 8.74. The molecule has 0 saturated carbocycles. The Morgan fingerprint density at radius 1 is 1.56 bits per heavy atom. The van der Waals surface area contributed by atoms with Crippen LogP contribution < -0.4 is 4.72 Å². The molecule has 0 bridgehead atoms. The van der Waals surface area contributed by atoms with E-state index in [-0.39, 0.29) is 14.7 Å². The van der Waals surface area contributed by atoms with E-state index in [0.29, 0.717) is 6.42 Å². The van der Waals surface area contributed by atoms with Crippen LogP contribution in [0.3, 0.4) is 0 Å². The second-order valence-corrected chi connectivity index (χ2v) is 8.12. The SMILES string of the molecule is CC(Cc1ccsc1)NS(=O)(=O)c1cnc(Cl)s1. The maximum Gasteiger partial charge on any atom is 0.251 e. The van der Waals surface area contributed by atoms with E-state index in [1.54, 1.807) is 11.3 Å². The molecule has 0 saturated heterocycles. The second kappa shape index (κ2) is 5.66. The summed E-state index contributed by atoms with van der Waals surface area (Å²) in [6, 6.07) is 1.81. The number of hydrogen-bond donors (Lipinski definition) is 1. The molecule has 2 aromatic rings. The first kappa shape index (κ1) is 14.0. The first-order chi connectivity index (χ1) is 8.47. The quantitative estimate of drug-likeness (QED) is 0.920. The molecule has 0 amide bonds. The number of halogens is 1. The fourth-order valence-electron chi connectivity index (χ4n) is 1.49. The molecule has 0 aliphatic carbocycles. The molecule has 0 aromatic carbocycles. The number of hydrogen-bond acceptors (Lipinski definition) is 5. The fourth-order valence-corrected chi connectivity index (χ4v) is 4.72. The van der Waals surface area contributed by atoms with Crippen LogP contribution in [-0.2, 0) is 16.4 Å². The molecule has 2 rings (SSSR count). The highest BCUT2D eigenvalue weighted by Crippen LogP contribution is 2.22. The van der Waals surface area contributed by atoms with Crippen LogP contribution in [0.15, 0.2) is 27.2 Å². The molecule has 1 atom stereocenters. The summed E-state index contributed by atoms with van der Waals surface area (Å²) in [6.45, 7) is 1.83. The monoisotopic (exact) mass is 322 g/mol. The van der Waals surface area contributed by atoms with Crippen molar-refractivity contribution >= 4 is 44.3 Å². The predicted octanol–water partition coefficient (Wildman–Crippen LogP) is 2.77. The van der Waals surface area contributed by atoms with Crippen LogP contribution in [0, 0.1) is 0 Å². The molecule has 18 heavy (non-hydrogen) atoms. The van der Waals surface area contributed by atoms with Gasteiger partial charge in [0, 0.05) is 6.04 Å². The molecule has 1 N–H and O–H groups in total. The molecule has 2 heterocycles. The van der Waals surface area contributed by atoms with Crippen molar-refractivity contribution in [1.29, 1.82) is 0 Å². The first-order valence-electron chi connectivity index (χ1n) is 5.12. The topological polar surface area (TPSA) is 59.1 Å². The Morgan fingerprint density at radius 2 is 2.33 bits per heavy atom. The Labute approximate surface area is 119 Å². The summed E-state index contributed by atoms with van der Waals surface area (Å²) < 4.78 is 27.0. The molecular weight excluding hydrogens is 312 g/mol. The summed E-state index contributed by atoms with van der Waals surface area (Å²) in [5.41, 5.74) is 1.12. The highest BCUT2D eigenvalue weighted by atomic mass is 35.5. The van der Waals surface area contributed by atoms with Crippen molar-refractivity contribution in [2.75, 3.05) is 0 Å². The summed E-state index contributed by atoms with van der Waals surface area (Å²) in [5, 5.41) is 3.98. The predicted molar refractivity (Wildman–Crippen MR) is 74.9 cm³/mol. The van der Waals surface area contributed by atoms with Gasteiger partial charge >= 0.3 is 0 Å². The van der Waals surface area contributed by atoms with Gasteiger partial charge in [-0.3, -0.25) is 0 Å². The molecule has 8 heteroatoms. The van der Waals surface area contributed by atoms with Crippen LogP contribution in [0.5, 0.6) is 0 Å². The Morgan fingerprint density at radius 3 is 2.89 bits per heavy atom. The number of sulfonamides is 1. The lowest BCUT2D eigenvalue weighted by molar-refractivity contribution is 0.562. The van der Waals surface area contributed by atoms with Gasteiger partial charge in [0.15, 0.2) is 8.68 Å². The van der Waals surface area contributed by atoms with Crippen molar-refractivity contribution in [2.45, 2.75) is 23.6 Å². The molecule has 0 aliphatic rings. The smallest absolute Gasteiger partial charge is 0.232 e. The Hall–Kier alpha value is -0.470. The molecule has 1 unspecified atom stereocenters. The van der Waals surface area contributed by atoms with Crippen LogP contribution in [0.1, 0.15) is 12.5 Å². The van der Waals surface area contributed by atoms with Crippen LogP contribution in [0.4, 0.5) is 0 Å². The minimum atomic E-state index is -3.52. The van der Waals surface area contributed by atoms with E-state index in [1.165, 1.54) is 6.20 Å². The van der Waals surface area contributed by atoms with Gasteiger partial charge in [-0.1, -0.05) is 22.9 Å². The van der Waals surface area contributed by atoms with Crippen LogP contribution in [-0.4, -0.2) is 19.4 Å². The van der Waals surface area contributed by atoms with Crippen LogP contribution >= 0.6 is 34.3 Å². The molecule has 4 nitrogen and oxygen atoms in total. The van der Waals surface area contributed by atoms with Gasteiger partial charge in [-0.25, -0.2) is 18.1 Å². The van der Waals surface area contributed by atoms with Crippen LogP contribution in [0.2, 0.25) is 4.47 Å². The van der Waals surface area contributed by atoms with Gasteiger partial charge in [0.25, 0.3) is 10.0 Å². The van der Waals surface area contributed by atoms with Crippen molar-refractivity contribution in [3.8, 4) is 0 Å². The van der Waals surface area contributed by atoms with Gasteiger partial charge in [0.05, 0.1) is 6.20 Å². The number of thiazole rings is 1. The van der Waals surface area contributed by atoms with Crippen molar-refractivity contribution in [2.24, 2.45) is 0 Å². The molecule has 98 valence electrons. The van der Waals surface area contributed by atoms with E-state index in [2.05, 4.69) is 9.71 Å². The maximum absolute atomic E-state index is 12.0. The zero-order valence-corrected chi connectivity index (χ0v) is 12.7. The largest absolute Gasteiger partial charge is 0.251 e. The van der Waals surface area contributed by atoms with Gasteiger partial charge in [-0.05, 0) is 35.7 Å². The minimum Gasteiger partial charge on any atom is -0.232 e. The van der Waals surface area contributed by atoms with Gasteiger partial charge in [0.1, 0.15) is 0 Å². The molecule has 0 aliphatic heterocycles. The minimum absolute atomic E-state index is 0.143. The van der Waals surface area contributed by atoms with E-state index in [1.807, 2.05) is 23.8 Å². The summed E-state index contributed by atoms with van der Waals surface area (Å²) in [5.74, 6) is 0. The van der Waals surface area contributed by atoms with E-state index in [9.17, 15) is 8.42 Å². The summed E-state index contributed by atoms with van der Waals surface area (Å²) >= 11 is 8.18. The number of thiophene rings is 1. The molecular formula is C10H11ClN2O2S3. The van der Waals surface area contributed by atoms with Gasteiger partial charge in [0.2, 0.25) is 0 Å². The Balaban J connectivity index is 2.04. The molecule has 2 aromatic heterocycles. The second-order valence-electron chi connectivity index (χ2n) is 3.79. The zero-order valence-electron chi connectivity index (χ0n) is 9.46. The van der Waals surface area contributed by atoms with Gasteiger partial charge < -0.3 is 0 Å². The van der Waals surface area contributed by atoms with E-state index in [4.69, 9.17) is 11.6 Å². The van der Waals surface area contributed by atoms with E-state index < -0.39 is 10.0 Å². The Bertz CT molecular complexity index is 607. The summed E-state index contributed by atoms with van der Waals surface area (Å²) in [7, 11) is -3.52. The normalized spacial score (nSPS) is 13.7. The third-order valence-electron chi connectivity index (χ3n) is 2.20. The number of rotatable bonds is 5. The lowest BCUT2D eigenvalue weighted by Crippen LogP contribution is -2.33. The standard InChI is InChI=1S/C10H11ClN2O2S3/c1-7(4-8-2-3-16-6-8)13-18(14,15)9-5-12-10(11)17-9/h2-3,5-7,13H,4H2,1H3. The summed E-state index contributed by atoms with van der Waals surface area (Å²) in [4.78, 5) is 3.73. The van der Waals surface area contributed by atoms with Crippen molar-refractivity contribution < 1.29 is 8.42 Å². The van der Waals surface area contributed by atoms with E-state index >= 15 is 0 Å². The Kier molecular flexibility index (Phi) is 4.39. The van der Waals surface area contributed by atoms with E-state index in [0.717, 1.165) is 16.9 Å². The molecule has 0 radical (unpaired) electrons. The van der Waals surface area contributed by atoms with Crippen molar-refractivity contribution in [1.82, 2.24) is 9.71 Å². The fraction of sp³-hybridized carbons (Fsp3) is 0.300. The van der Waals surface area contributed by atoms with Crippen molar-refractivity contribution in [3.05, 3.63) is 33.1 Å². The molecule has 0 fully saturated rings. The summed E-state index contributed by atoms with van der Waals surface area (Å²) in [6.07, 6.45) is 1.93. The number of nitrogens with zero attached hydrogens (tertiary/aromatic N) is 1. The zero-order chi connectivity index (χ0) is 13.2. The van der Waals surface area contributed by atoms with Gasteiger partial charge in [-0.15, -0.1) is 0 Å².